The molecular weight excluding hydrogens is 671 g/mol. The summed E-state index contributed by atoms with van der Waals surface area (Å²) >= 11 is 0. The Labute approximate surface area is 316 Å². The fourth-order valence-electron chi connectivity index (χ4n) is 8.67. The first kappa shape index (κ1) is 30.7. The molecule has 0 fully saturated rings. The summed E-state index contributed by atoms with van der Waals surface area (Å²) in [6.07, 6.45) is 0. The summed E-state index contributed by atoms with van der Waals surface area (Å²) in [6.45, 7) is 0. The van der Waals surface area contributed by atoms with Crippen LogP contribution in [0.5, 0.6) is 0 Å². The van der Waals surface area contributed by atoms with E-state index < -0.39 is 0 Å². The third-order valence-corrected chi connectivity index (χ3v) is 11.1. The first-order chi connectivity index (χ1) is 27.2. The lowest BCUT2D eigenvalue weighted by atomic mass is 10.0. The predicted molar refractivity (Wildman–Crippen MR) is 224 cm³/mol. The zero-order chi connectivity index (χ0) is 36.6. The minimum Gasteiger partial charge on any atom is -0.309 e. The number of benzene rings is 8. The Morgan fingerprint density at radius 3 is 1.33 bits per heavy atom. The van der Waals surface area contributed by atoms with Gasteiger partial charge in [-0.1, -0.05) is 91.0 Å². The first-order valence-electron chi connectivity index (χ1n) is 18.3. The van der Waals surface area contributed by atoms with Crippen LogP contribution in [0.2, 0.25) is 0 Å². The molecule has 5 heteroatoms. The van der Waals surface area contributed by atoms with Crippen LogP contribution in [0.4, 0.5) is 0 Å². The Balaban J connectivity index is 1.07. The van der Waals surface area contributed by atoms with E-state index >= 15 is 0 Å². The number of hydrogen-bond acceptors (Lipinski definition) is 2. The van der Waals surface area contributed by atoms with E-state index in [9.17, 15) is 10.5 Å². The van der Waals surface area contributed by atoms with Gasteiger partial charge < -0.3 is 13.7 Å². The van der Waals surface area contributed by atoms with Crippen LogP contribution in [0.25, 0.3) is 93.6 Å². The highest BCUT2D eigenvalue weighted by atomic mass is 15.0. The Bertz CT molecular complexity index is 3350. The minimum atomic E-state index is 0.601. The van der Waals surface area contributed by atoms with Gasteiger partial charge in [-0.2, -0.15) is 10.5 Å². The van der Waals surface area contributed by atoms with Gasteiger partial charge in [-0.3, -0.25) is 0 Å². The Morgan fingerprint density at radius 1 is 0.291 bits per heavy atom. The van der Waals surface area contributed by atoms with E-state index in [2.05, 4.69) is 177 Å². The van der Waals surface area contributed by atoms with Crippen molar-refractivity contribution in [2.24, 2.45) is 0 Å². The van der Waals surface area contributed by atoms with Crippen LogP contribution in [-0.4, -0.2) is 13.7 Å². The highest BCUT2D eigenvalue weighted by molar-refractivity contribution is 6.13. The summed E-state index contributed by atoms with van der Waals surface area (Å²) < 4.78 is 6.84. The number of nitrogens with zero attached hydrogens (tertiary/aromatic N) is 5. The molecule has 11 aromatic rings. The van der Waals surface area contributed by atoms with Crippen molar-refractivity contribution >= 4 is 65.4 Å². The predicted octanol–water partition coefficient (Wildman–Crippen LogP) is 12.4. The van der Waals surface area contributed by atoms with Crippen molar-refractivity contribution in [3.8, 4) is 40.3 Å². The fraction of sp³-hybridized carbons (Fsp3) is 0. The van der Waals surface area contributed by atoms with Crippen LogP contribution in [0.1, 0.15) is 11.1 Å². The van der Waals surface area contributed by atoms with Crippen LogP contribution in [0, 0.1) is 22.7 Å². The second-order valence-corrected chi connectivity index (χ2v) is 14.0. The van der Waals surface area contributed by atoms with Gasteiger partial charge in [0.1, 0.15) is 0 Å². The maximum absolute atomic E-state index is 10.2. The third-order valence-electron chi connectivity index (χ3n) is 11.1. The topological polar surface area (TPSA) is 62.4 Å². The summed E-state index contributed by atoms with van der Waals surface area (Å²) in [5.41, 5.74) is 12.8. The molecule has 0 N–H and O–H groups in total. The zero-order valence-electron chi connectivity index (χ0n) is 29.5. The molecule has 0 amide bonds. The molecule has 0 spiro atoms. The van der Waals surface area contributed by atoms with Gasteiger partial charge in [0, 0.05) is 49.4 Å². The maximum atomic E-state index is 10.2. The van der Waals surface area contributed by atoms with Gasteiger partial charge in [0.05, 0.1) is 56.4 Å². The Kier molecular flexibility index (Phi) is 6.61. The number of rotatable bonds is 4. The lowest BCUT2D eigenvalue weighted by Crippen LogP contribution is -1.97. The molecule has 0 atom stereocenters. The fourth-order valence-corrected chi connectivity index (χ4v) is 8.67. The minimum absolute atomic E-state index is 0.601. The molecule has 0 radical (unpaired) electrons. The molecule has 3 heterocycles. The summed E-state index contributed by atoms with van der Waals surface area (Å²) in [6, 6.07) is 66.0. The summed E-state index contributed by atoms with van der Waals surface area (Å²) in [5, 5.41) is 27.1. The van der Waals surface area contributed by atoms with Crippen molar-refractivity contribution in [2.45, 2.75) is 0 Å². The molecule has 5 nitrogen and oxygen atoms in total. The molecule has 254 valence electrons. The van der Waals surface area contributed by atoms with Crippen LogP contribution in [-0.2, 0) is 0 Å². The van der Waals surface area contributed by atoms with E-state index in [1.807, 2.05) is 24.3 Å². The third kappa shape index (κ3) is 4.58. The van der Waals surface area contributed by atoms with Crippen molar-refractivity contribution in [2.75, 3.05) is 0 Å². The quantitative estimate of drug-likeness (QED) is 0.184. The average Bonchev–Trinajstić information content (AvgIpc) is 3.88. The molecular formula is C50H29N5. The Morgan fingerprint density at radius 2 is 0.764 bits per heavy atom. The summed E-state index contributed by atoms with van der Waals surface area (Å²) in [7, 11) is 0. The number of hydrogen-bond donors (Lipinski definition) is 0. The van der Waals surface area contributed by atoms with Crippen molar-refractivity contribution in [3.05, 3.63) is 187 Å². The second kappa shape index (κ2) is 11.8. The summed E-state index contributed by atoms with van der Waals surface area (Å²) in [5.74, 6) is 0. The monoisotopic (exact) mass is 699 g/mol. The molecule has 0 aliphatic rings. The molecule has 8 aromatic carbocycles. The lowest BCUT2D eigenvalue weighted by Gasteiger charge is -2.13. The molecule has 0 aliphatic carbocycles. The highest BCUT2D eigenvalue weighted by Gasteiger charge is 2.18. The van der Waals surface area contributed by atoms with E-state index in [1.54, 1.807) is 0 Å². The van der Waals surface area contributed by atoms with Gasteiger partial charge in [0.2, 0.25) is 0 Å². The lowest BCUT2D eigenvalue weighted by molar-refractivity contribution is 1.16. The molecule has 3 aromatic heterocycles. The average molecular weight is 700 g/mol. The highest BCUT2D eigenvalue weighted by Crippen LogP contribution is 2.38. The van der Waals surface area contributed by atoms with Crippen molar-refractivity contribution in [3.63, 3.8) is 0 Å². The van der Waals surface area contributed by atoms with Crippen molar-refractivity contribution < 1.29 is 0 Å². The largest absolute Gasteiger partial charge is 0.309 e. The normalized spacial score (nSPS) is 11.6. The van der Waals surface area contributed by atoms with Gasteiger partial charge >= 0.3 is 0 Å². The van der Waals surface area contributed by atoms with E-state index in [4.69, 9.17) is 0 Å². The van der Waals surface area contributed by atoms with Gasteiger partial charge in [-0.25, -0.2) is 0 Å². The molecule has 55 heavy (non-hydrogen) atoms. The summed E-state index contributed by atoms with van der Waals surface area (Å²) in [4.78, 5) is 0. The molecule has 0 saturated carbocycles. The SMILES string of the molecule is N#Cc1cc(-c2ccc(-n3c4ccc(-n5c6ccccc6c6ccccc65)cc4c4ccc(C#N)cc43)cc2)cc(-n2c3ccccc3c3ccccc32)c1. The number of aromatic nitrogens is 3. The van der Waals surface area contributed by atoms with Gasteiger partial charge in [-0.05, 0) is 96.1 Å². The van der Waals surface area contributed by atoms with Crippen LogP contribution in [0.3, 0.4) is 0 Å². The number of para-hydroxylation sites is 4. The zero-order valence-corrected chi connectivity index (χ0v) is 29.5. The van der Waals surface area contributed by atoms with Crippen LogP contribution in [0.15, 0.2) is 176 Å². The molecule has 0 saturated heterocycles. The van der Waals surface area contributed by atoms with E-state index in [0.29, 0.717) is 11.1 Å². The smallest absolute Gasteiger partial charge is 0.0992 e. The molecule has 0 aliphatic heterocycles. The number of fused-ring (bicyclic) bond motifs is 9. The van der Waals surface area contributed by atoms with Crippen molar-refractivity contribution in [1.82, 2.24) is 13.7 Å². The first-order valence-corrected chi connectivity index (χ1v) is 18.3. The van der Waals surface area contributed by atoms with Gasteiger partial charge in [0.25, 0.3) is 0 Å². The standard InChI is InChI=1S/C50H29N5/c51-30-32-17-23-43-44-29-37(54-45-13-5-1-9-39(45)40-10-2-6-14-46(40)54)22-24-49(44)53(50(43)27-32)36-20-18-34(19-21-36)35-25-33(31-52)26-38(28-35)55-47-15-7-3-11-41(47)42-12-4-8-16-48(42)55/h1-29H. The number of nitriles is 2. The van der Waals surface area contributed by atoms with Gasteiger partial charge in [0.15, 0.2) is 0 Å². The maximum Gasteiger partial charge on any atom is 0.0992 e. The van der Waals surface area contributed by atoms with Crippen molar-refractivity contribution in [1.29, 1.82) is 10.5 Å². The second-order valence-electron chi connectivity index (χ2n) is 14.0. The molecule has 0 unspecified atom stereocenters. The van der Waals surface area contributed by atoms with E-state index in [-0.39, 0.29) is 0 Å². The Hall–Kier alpha value is -7.86. The van der Waals surface area contributed by atoms with Crippen LogP contribution >= 0.6 is 0 Å². The van der Waals surface area contributed by atoms with E-state index in [0.717, 1.165) is 72.1 Å². The van der Waals surface area contributed by atoms with E-state index in [1.165, 1.54) is 21.5 Å². The molecule has 11 rings (SSSR count). The van der Waals surface area contributed by atoms with Crippen LogP contribution < -0.4 is 0 Å². The van der Waals surface area contributed by atoms with Gasteiger partial charge in [-0.15, -0.1) is 0 Å². The molecule has 0 bridgehead atoms.